The fourth-order valence-electron chi connectivity index (χ4n) is 2.10. The molecule has 2 nitrogen and oxygen atoms in total. The van der Waals surface area contributed by atoms with Crippen LogP contribution in [0.3, 0.4) is 0 Å². The fourth-order valence-corrected chi connectivity index (χ4v) is 2.34. The molecule has 112 valence electrons. The number of nitrogens with one attached hydrogen (secondary N) is 1. The molecule has 0 heterocycles. The summed E-state index contributed by atoms with van der Waals surface area (Å²) in [6, 6.07) is 10.3. The highest BCUT2D eigenvalue weighted by molar-refractivity contribution is 9.10. The van der Waals surface area contributed by atoms with Crippen LogP contribution in [0.2, 0.25) is 0 Å². The van der Waals surface area contributed by atoms with Gasteiger partial charge in [-0.1, -0.05) is 40.2 Å². The largest absolute Gasteiger partial charge is 0.416 e. The molecule has 2 rings (SSSR count). The van der Waals surface area contributed by atoms with Crippen molar-refractivity contribution in [1.29, 1.82) is 0 Å². The zero-order chi connectivity index (χ0) is 15.6. The average Bonchev–Trinajstić information content (AvgIpc) is 2.43. The first kappa shape index (κ1) is 16.0. The molecule has 0 fully saturated rings. The van der Waals surface area contributed by atoms with Gasteiger partial charge in [0, 0.05) is 4.47 Å². The van der Waals surface area contributed by atoms with Gasteiger partial charge in [-0.25, -0.2) is 5.43 Å². The van der Waals surface area contributed by atoms with Gasteiger partial charge in [0.15, 0.2) is 0 Å². The van der Waals surface area contributed by atoms with Gasteiger partial charge in [0.25, 0.3) is 0 Å². The summed E-state index contributed by atoms with van der Waals surface area (Å²) >= 11 is 3.41. The van der Waals surface area contributed by atoms with Gasteiger partial charge in [-0.3, -0.25) is 5.84 Å². The molecule has 0 saturated carbocycles. The van der Waals surface area contributed by atoms with Gasteiger partial charge in [-0.05, 0) is 41.8 Å². The molecule has 0 aromatic heterocycles. The van der Waals surface area contributed by atoms with E-state index < -0.39 is 11.7 Å². The van der Waals surface area contributed by atoms with Crippen LogP contribution in [0.4, 0.5) is 13.2 Å². The molecule has 0 spiro atoms. The SMILES string of the molecule is Cc1cc(C(NN)c2ccc(C(F)(F)F)cc2)ccc1Br. The summed E-state index contributed by atoms with van der Waals surface area (Å²) in [4.78, 5) is 0. The Labute approximate surface area is 129 Å². The number of aryl methyl sites for hydroxylation is 1. The molecule has 3 N–H and O–H groups in total. The van der Waals surface area contributed by atoms with Crippen molar-refractivity contribution >= 4 is 15.9 Å². The number of hydrogen-bond acceptors (Lipinski definition) is 2. The second-order valence-corrected chi connectivity index (χ2v) is 5.58. The monoisotopic (exact) mass is 358 g/mol. The van der Waals surface area contributed by atoms with E-state index in [4.69, 9.17) is 5.84 Å². The van der Waals surface area contributed by atoms with Crippen LogP contribution in [0.15, 0.2) is 46.9 Å². The standard InChI is InChI=1S/C15H14BrF3N2/c1-9-8-11(4-7-13(9)16)14(21-20)10-2-5-12(6-3-10)15(17,18)19/h2-8,14,21H,20H2,1H3. The Morgan fingerprint density at radius 2 is 1.62 bits per heavy atom. The van der Waals surface area contributed by atoms with Crippen molar-refractivity contribution in [1.82, 2.24) is 5.43 Å². The molecule has 2 aromatic carbocycles. The van der Waals surface area contributed by atoms with E-state index in [1.165, 1.54) is 12.1 Å². The third-order valence-electron chi connectivity index (χ3n) is 3.25. The summed E-state index contributed by atoms with van der Waals surface area (Å²) in [5.74, 6) is 5.56. The molecule has 1 atom stereocenters. The van der Waals surface area contributed by atoms with Gasteiger partial charge >= 0.3 is 6.18 Å². The van der Waals surface area contributed by atoms with Gasteiger partial charge in [0.05, 0.1) is 11.6 Å². The van der Waals surface area contributed by atoms with E-state index >= 15 is 0 Å². The van der Waals surface area contributed by atoms with Crippen molar-refractivity contribution in [3.05, 3.63) is 69.2 Å². The van der Waals surface area contributed by atoms with Gasteiger partial charge in [-0.15, -0.1) is 0 Å². The van der Waals surface area contributed by atoms with E-state index in [1.807, 2.05) is 25.1 Å². The zero-order valence-corrected chi connectivity index (χ0v) is 12.8. The number of rotatable bonds is 3. The van der Waals surface area contributed by atoms with Gasteiger partial charge in [0.2, 0.25) is 0 Å². The summed E-state index contributed by atoms with van der Waals surface area (Å²) in [6.45, 7) is 1.94. The van der Waals surface area contributed by atoms with Crippen LogP contribution in [0.5, 0.6) is 0 Å². The molecule has 0 amide bonds. The predicted octanol–water partition coefficient (Wildman–Crippen LogP) is 4.33. The lowest BCUT2D eigenvalue weighted by molar-refractivity contribution is -0.137. The maximum atomic E-state index is 12.6. The van der Waals surface area contributed by atoms with E-state index in [1.54, 1.807) is 0 Å². The molecule has 0 aliphatic rings. The van der Waals surface area contributed by atoms with Crippen LogP contribution in [0, 0.1) is 6.92 Å². The molecule has 2 aromatic rings. The van der Waals surface area contributed by atoms with Gasteiger partial charge in [0.1, 0.15) is 0 Å². The summed E-state index contributed by atoms with van der Waals surface area (Å²) in [5.41, 5.74) is 4.56. The van der Waals surface area contributed by atoms with Crippen LogP contribution in [-0.4, -0.2) is 0 Å². The van der Waals surface area contributed by atoms with E-state index in [0.717, 1.165) is 27.7 Å². The van der Waals surface area contributed by atoms with Crippen molar-refractivity contribution < 1.29 is 13.2 Å². The minimum absolute atomic E-state index is 0.362. The van der Waals surface area contributed by atoms with Crippen LogP contribution >= 0.6 is 15.9 Å². The maximum Gasteiger partial charge on any atom is 0.416 e. The highest BCUT2D eigenvalue weighted by atomic mass is 79.9. The van der Waals surface area contributed by atoms with Gasteiger partial charge in [-0.2, -0.15) is 13.2 Å². The van der Waals surface area contributed by atoms with Crippen LogP contribution in [0.1, 0.15) is 28.3 Å². The van der Waals surface area contributed by atoms with E-state index in [9.17, 15) is 13.2 Å². The molecule has 0 saturated heterocycles. The first-order chi connectivity index (χ1) is 9.82. The smallest absolute Gasteiger partial charge is 0.271 e. The molecular weight excluding hydrogens is 345 g/mol. The Balaban J connectivity index is 2.35. The highest BCUT2D eigenvalue weighted by Gasteiger charge is 2.30. The van der Waals surface area contributed by atoms with Gasteiger partial charge < -0.3 is 0 Å². The molecule has 0 radical (unpaired) electrons. The van der Waals surface area contributed by atoms with Crippen molar-refractivity contribution in [2.45, 2.75) is 19.1 Å². The lowest BCUT2D eigenvalue weighted by atomic mass is 9.97. The minimum atomic E-state index is -4.33. The fraction of sp³-hybridized carbons (Fsp3) is 0.200. The third kappa shape index (κ3) is 3.64. The predicted molar refractivity (Wildman–Crippen MR) is 79.5 cm³/mol. The van der Waals surface area contributed by atoms with Crippen LogP contribution in [-0.2, 0) is 6.18 Å². The average molecular weight is 359 g/mol. The van der Waals surface area contributed by atoms with Crippen molar-refractivity contribution in [2.75, 3.05) is 0 Å². The first-order valence-corrected chi connectivity index (χ1v) is 7.01. The molecule has 21 heavy (non-hydrogen) atoms. The summed E-state index contributed by atoms with van der Waals surface area (Å²) in [5, 5.41) is 0. The first-order valence-electron chi connectivity index (χ1n) is 6.22. The Morgan fingerprint density at radius 3 is 2.10 bits per heavy atom. The number of nitrogens with two attached hydrogens (primary N) is 1. The Bertz CT molecular complexity index is 624. The quantitative estimate of drug-likeness (QED) is 0.633. The summed E-state index contributed by atoms with van der Waals surface area (Å²) in [6.07, 6.45) is -4.33. The van der Waals surface area contributed by atoms with E-state index in [-0.39, 0.29) is 6.04 Å². The normalized spacial score (nSPS) is 13.2. The zero-order valence-electron chi connectivity index (χ0n) is 11.2. The number of hydrazine groups is 1. The molecular formula is C15H14BrF3N2. The number of alkyl halides is 3. The topological polar surface area (TPSA) is 38.0 Å². The molecule has 0 aliphatic carbocycles. The van der Waals surface area contributed by atoms with E-state index in [0.29, 0.717) is 5.56 Å². The van der Waals surface area contributed by atoms with Crippen molar-refractivity contribution in [2.24, 2.45) is 5.84 Å². The second-order valence-electron chi connectivity index (χ2n) is 4.73. The number of benzene rings is 2. The lowest BCUT2D eigenvalue weighted by Crippen LogP contribution is -2.29. The lowest BCUT2D eigenvalue weighted by Gasteiger charge is -2.18. The third-order valence-corrected chi connectivity index (χ3v) is 4.14. The maximum absolute atomic E-state index is 12.6. The number of hydrogen-bond donors (Lipinski definition) is 2. The highest BCUT2D eigenvalue weighted by Crippen LogP contribution is 2.31. The van der Waals surface area contributed by atoms with Crippen molar-refractivity contribution in [3.63, 3.8) is 0 Å². The summed E-state index contributed by atoms with van der Waals surface area (Å²) < 4.78 is 38.7. The summed E-state index contributed by atoms with van der Waals surface area (Å²) in [7, 11) is 0. The molecule has 0 aliphatic heterocycles. The Hall–Kier alpha value is -1.37. The minimum Gasteiger partial charge on any atom is -0.271 e. The molecule has 1 unspecified atom stereocenters. The van der Waals surface area contributed by atoms with E-state index in [2.05, 4.69) is 21.4 Å². The number of halogens is 4. The molecule has 0 bridgehead atoms. The van der Waals surface area contributed by atoms with Crippen molar-refractivity contribution in [3.8, 4) is 0 Å². The van der Waals surface area contributed by atoms with Crippen LogP contribution in [0.25, 0.3) is 0 Å². The Kier molecular flexibility index (Phi) is 4.70. The second kappa shape index (κ2) is 6.17. The Morgan fingerprint density at radius 1 is 1.05 bits per heavy atom. The molecule has 6 heteroatoms. The van der Waals surface area contributed by atoms with Crippen LogP contribution < -0.4 is 11.3 Å².